The third-order valence-electron chi connectivity index (χ3n) is 2.39. The van der Waals surface area contributed by atoms with Crippen LogP contribution in [0, 0.1) is 0 Å². The van der Waals surface area contributed by atoms with Crippen LogP contribution >= 0.6 is 0 Å². The van der Waals surface area contributed by atoms with Crippen molar-refractivity contribution >= 4 is 5.91 Å². The first kappa shape index (κ1) is 12.7. The summed E-state index contributed by atoms with van der Waals surface area (Å²) in [5.74, 6) is -0.0527. The smallest absolute Gasteiger partial charge is 0.246 e. The molecule has 0 saturated heterocycles. The molecule has 1 aromatic rings. The average molecular weight is 221 g/mol. The zero-order chi connectivity index (χ0) is 11.8. The second-order valence-corrected chi connectivity index (χ2v) is 3.93. The Morgan fingerprint density at radius 3 is 2.69 bits per heavy atom. The summed E-state index contributed by atoms with van der Waals surface area (Å²) in [5.41, 5.74) is 1.30. The van der Waals surface area contributed by atoms with Crippen LogP contribution in [0.5, 0.6) is 0 Å². The molecule has 1 N–H and O–H groups in total. The molecule has 0 aliphatic rings. The fourth-order valence-corrected chi connectivity index (χ4v) is 1.55. The predicted octanol–water partition coefficient (Wildman–Crippen LogP) is 1.77. The van der Waals surface area contributed by atoms with Gasteiger partial charge in [-0.1, -0.05) is 30.3 Å². The van der Waals surface area contributed by atoms with E-state index in [0.29, 0.717) is 0 Å². The molecule has 0 aliphatic heterocycles. The Hall–Kier alpha value is -1.35. The van der Waals surface area contributed by atoms with Crippen LogP contribution in [-0.4, -0.2) is 25.7 Å². The number of nitrogens with one attached hydrogen (secondary N) is 1. The number of carbonyl (C=O) groups excluding carboxylic acids is 1. The van der Waals surface area contributed by atoms with Crippen LogP contribution in [-0.2, 0) is 16.0 Å². The van der Waals surface area contributed by atoms with Crippen LogP contribution in [0.2, 0.25) is 0 Å². The lowest BCUT2D eigenvalue weighted by atomic mass is 10.1. The topological polar surface area (TPSA) is 38.3 Å². The van der Waals surface area contributed by atoms with Crippen molar-refractivity contribution in [3.63, 3.8) is 0 Å². The van der Waals surface area contributed by atoms with E-state index in [1.807, 2.05) is 25.1 Å². The van der Waals surface area contributed by atoms with Gasteiger partial charge in [0.2, 0.25) is 5.91 Å². The largest absolute Gasteiger partial charge is 0.375 e. The van der Waals surface area contributed by atoms with Gasteiger partial charge >= 0.3 is 0 Å². The Bertz CT molecular complexity index is 311. The number of amides is 1. The molecule has 0 saturated carbocycles. The number of ether oxygens (including phenoxy) is 1. The molecule has 0 bridgehead atoms. The van der Waals surface area contributed by atoms with E-state index in [0.717, 1.165) is 12.8 Å². The second-order valence-electron chi connectivity index (χ2n) is 3.93. The number of carbonyl (C=O) groups is 1. The highest BCUT2D eigenvalue weighted by Gasteiger charge is 2.06. The van der Waals surface area contributed by atoms with Crippen molar-refractivity contribution in [2.75, 3.05) is 13.7 Å². The molecule has 0 aromatic heterocycles. The normalized spacial score (nSPS) is 12.1. The van der Waals surface area contributed by atoms with Crippen LogP contribution in [0.4, 0.5) is 0 Å². The van der Waals surface area contributed by atoms with Gasteiger partial charge in [0.05, 0.1) is 0 Å². The Morgan fingerprint density at radius 2 is 2.06 bits per heavy atom. The summed E-state index contributed by atoms with van der Waals surface area (Å²) in [5, 5.41) is 2.89. The van der Waals surface area contributed by atoms with E-state index >= 15 is 0 Å². The quantitative estimate of drug-likeness (QED) is 0.795. The van der Waals surface area contributed by atoms with Gasteiger partial charge in [-0.15, -0.1) is 0 Å². The number of benzene rings is 1. The van der Waals surface area contributed by atoms with Crippen LogP contribution < -0.4 is 5.32 Å². The highest BCUT2D eigenvalue weighted by atomic mass is 16.5. The SMILES string of the molecule is COCC(=O)N[C@H](C)CCc1ccccc1. The van der Waals surface area contributed by atoms with E-state index in [-0.39, 0.29) is 18.6 Å². The van der Waals surface area contributed by atoms with Crippen LogP contribution in [0.1, 0.15) is 18.9 Å². The molecule has 0 unspecified atom stereocenters. The van der Waals surface area contributed by atoms with Crippen LogP contribution in [0.15, 0.2) is 30.3 Å². The fraction of sp³-hybridized carbons (Fsp3) is 0.462. The number of methoxy groups -OCH3 is 1. The lowest BCUT2D eigenvalue weighted by molar-refractivity contribution is -0.125. The zero-order valence-electron chi connectivity index (χ0n) is 9.90. The van der Waals surface area contributed by atoms with Crippen molar-refractivity contribution in [3.8, 4) is 0 Å². The number of aryl methyl sites for hydroxylation is 1. The van der Waals surface area contributed by atoms with E-state index in [2.05, 4.69) is 17.4 Å². The van der Waals surface area contributed by atoms with Crippen LogP contribution in [0.25, 0.3) is 0 Å². The van der Waals surface area contributed by atoms with Gasteiger partial charge in [-0.25, -0.2) is 0 Å². The predicted molar refractivity (Wildman–Crippen MR) is 64.2 cm³/mol. The number of hydrogen-bond donors (Lipinski definition) is 1. The molecule has 1 rings (SSSR count). The first-order valence-corrected chi connectivity index (χ1v) is 5.54. The Kier molecular flexibility index (Phi) is 5.57. The Balaban J connectivity index is 2.25. The minimum atomic E-state index is -0.0527. The molecule has 0 radical (unpaired) electrons. The maximum absolute atomic E-state index is 11.2. The first-order valence-electron chi connectivity index (χ1n) is 5.54. The standard InChI is InChI=1S/C13H19NO2/c1-11(14-13(15)10-16-2)8-9-12-6-4-3-5-7-12/h3-7,11H,8-10H2,1-2H3,(H,14,15)/t11-/m1/s1. The molecule has 1 aromatic carbocycles. The lowest BCUT2D eigenvalue weighted by Gasteiger charge is -2.13. The summed E-state index contributed by atoms with van der Waals surface area (Å²) in [4.78, 5) is 11.2. The Labute approximate surface area is 96.8 Å². The van der Waals surface area contributed by atoms with Gasteiger partial charge < -0.3 is 10.1 Å². The molecule has 0 aliphatic carbocycles. The molecular formula is C13H19NO2. The zero-order valence-corrected chi connectivity index (χ0v) is 9.90. The van der Waals surface area contributed by atoms with E-state index in [1.54, 1.807) is 0 Å². The number of hydrogen-bond acceptors (Lipinski definition) is 2. The van der Waals surface area contributed by atoms with Gasteiger partial charge in [0.25, 0.3) is 0 Å². The molecule has 3 nitrogen and oxygen atoms in total. The molecule has 0 fully saturated rings. The fourth-order valence-electron chi connectivity index (χ4n) is 1.55. The van der Waals surface area contributed by atoms with Crippen molar-refractivity contribution in [1.29, 1.82) is 0 Å². The first-order chi connectivity index (χ1) is 7.72. The van der Waals surface area contributed by atoms with Crippen molar-refractivity contribution < 1.29 is 9.53 Å². The van der Waals surface area contributed by atoms with E-state index in [1.165, 1.54) is 12.7 Å². The minimum Gasteiger partial charge on any atom is -0.375 e. The maximum atomic E-state index is 11.2. The lowest BCUT2D eigenvalue weighted by Crippen LogP contribution is -2.35. The molecule has 1 amide bonds. The van der Waals surface area contributed by atoms with Crippen molar-refractivity contribution in [3.05, 3.63) is 35.9 Å². The molecule has 88 valence electrons. The molecule has 0 spiro atoms. The summed E-state index contributed by atoms with van der Waals surface area (Å²) in [6.45, 7) is 2.15. The number of rotatable bonds is 6. The molecule has 3 heteroatoms. The van der Waals surface area contributed by atoms with E-state index in [9.17, 15) is 4.79 Å². The second kappa shape index (κ2) is 7.01. The van der Waals surface area contributed by atoms with Gasteiger partial charge in [-0.05, 0) is 25.3 Å². The van der Waals surface area contributed by atoms with Gasteiger partial charge in [0, 0.05) is 13.2 Å². The third-order valence-corrected chi connectivity index (χ3v) is 2.39. The van der Waals surface area contributed by atoms with E-state index in [4.69, 9.17) is 4.74 Å². The molecule has 16 heavy (non-hydrogen) atoms. The maximum Gasteiger partial charge on any atom is 0.246 e. The molecule has 0 heterocycles. The van der Waals surface area contributed by atoms with Gasteiger partial charge in [-0.3, -0.25) is 4.79 Å². The summed E-state index contributed by atoms with van der Waals surface area (Å²) in [6, 6.07) is 10.5. The third kappa shape index (κ3) is 4.94. The molecule has 1 atom stereocenters. The summed E-state index contributed by atoms with van der Waals surface area (Å²) in [7, 11) is 1.52. The molecular weight excluding hydrogens is 202 g/mol. The van der Waals surface area contributed by atoms with Crippen molar-refractivity contribution in [1.82, 2.24) is 5.32 Å². The van der Waals surface area contributed by atoms with Crippen molar-refractivity contribution in [2.45, 2.75) is 25.8 Å². The highest BCUT2D eigenvalue weighted by molar-refractivity contribution is 5.77. The van der Waals surface area contributed by atoms with Gasteiger partial charge in [-0.2, -0.15) is 0 Å². The Morgan fingerprint density at radius 1 is 1.38 bits per heavy atom. The highest BCUT2D eigenvalue weighted by Crippen LogP contribution is 2.04. The van der Waals surface area contributed by atoms with Gasteiger partial charge in [0.15, 0.2) is 0 Å². The van der Waals surface area contributed by atoms with E-state index < -0.39 is 0 Å². The summed E-state index contributed by atoms with van der Waals surface area (Å²) in [6.07, 6.45) is 1.93. The van der Waals surface area contributed by atoms with Crippen molar-refractivity contribution in [2.24, 2.45) is 0 Å². The average Bonchev–Trinajstić information content (AvgIpc) is 2.28. The van der Waals surface area contributed by atoms with Gasteiger partial charge in [0.1, 0.15) is 6.61 Å². The van der Waals surface area contributed by atoms with Crippen LogP contribution in [0.3, 0.4) is 0 Å². The summed E-state index contributed by atoms with van der Waals surface area (Å²) < 4.78 is 4.76. The monoisotopic (exact) mass is 221 g/mol. The summed E-state index contributed by atoms with van der Waals surface area (Å²) >= 11 is 0. The minimum absolute atomic E-state index is 0.0527.